The molecule has 0 aliphatic heterocycles. The van der Waals surface area contributed by atoms with Crippen molar-refractivity contribution in [3.05, 3.63) is 70.3 Å². The summed E-state index contributed by atoms with van der Waals surface area (Å²) >= 11 is 3.41. The molecule has 4 nitrogen and oxygen atoms in total. The average molecular weight is 376 g/mol. The van der Waals surface area contributed by atoms with Crippen LogP contribution in [-0.4, -0.2) is 10.2 Å². The van der Waals surface area contributed by atoms with Crippen LogP contribution in [-0.2, 0) is 6.54 Å². The molecule has 118 valence electrons. The molecule has 0 amide bonds. The zero-order chi connectivity index (χ0) is 16.2. The van der Waals surface area contributed by atoms with Crippen molar-refractivity contribution >= 4 is 15.9 Å². The minimum absolute atomic E-state index is 0.0214. The predicted molar refractivity (Wildman–Crippen MR) is 89.1 cm³/mol. The van der Waals surface area contributed by atoms with Crippen LogP contribution in [0.25, 0.3) is 11.5 Å². The SMILES string of the molecule is C[C@@H](NCc1nnc(-c2cccc(Br)c2)o1)c1cccc(F)c1. The van der Waals surface area contributed by atoms with Gasteiger partial charge in [0.25, 0.3) is 0 Å². The molecule has 0 radical (unpaired) electrons. The Balaban J connectivity index is 1.65. The summed E-state index contributed by atoms with van der Waals surface area (Å²) in [5.74, 6) is 0.718. The number of hydrogen-bond donors (Lipinski definition) is 1. The Morgan fingerprint density at radius 3 is 2.78 bits per heavy atom. The minimum Gasteiger partial charge on any atom is -0.419 e. The zero-order valence-electron chi connectivity index (χ0n) is 12.5. The van der Waals surface area contributed by atoms with Crippen molar-refractivity contribution in [1.29, 1.82) is 0 Å². The maximum atomic E-state index is 13.2. The fraction of sp³-hybridized carbons (Fsp3) is 0.176. The molecule has 3 aromatic rings. The highest BCUT2D eigenvalue weighted by Gasteiger charge is 2.11. The van der Waals surface area contributed by atoms with E-state index in [4.69, 9.17) is 4.42 Å². The second-order valence-corrected chi connectivity index (χ2v) is 6.08. The summed E-state index contributed by atoms with van der Waals surface area (Å²) in [6.07, 6.45) is 0. The molecule has 0 aliphatic carbocycles. The van der Waals surface area contributed by atoms with Gasteiger partial charge in [-0.25, -0.2) is 4.39 Å². The van der Waals surface area contributed by atoms with Gasteiger partial charge in [-0.2, -0.15) is 0 Å². The number of hydrogen-bond acceptors (Lipinski definition) is 4. The van der Waals surface area contributed by atoms with Gasteiger partial charge in [0.05, 0.1) is 6.54 Å². The number of rotatable bonds is 5. The Morgan fingerprint density at radius 2 is 2.00 bits per heavy atom. The maximum absolute atomic E-state index is 13.2. The highest BCUT2D eigenvalue weighted by molar-refractivity contribution is 9.10. The number of halogens is 2. The van der Waals surface area contributed by atoms with Crippen LogP contribution < -0.4 is 5.32 Å². The first kappa shape index (κ1) is 15.8. The van der Waals surface area contributed by atoms with Crippen LogP contribution in [0.2, 0.25) is 0 Å². The Kier molecular flexibility index (Phi) is 4.83. The van der Waals surface area contributed by atoms with E-state index in [1.54, 1.807) is 6.07 Å². The first-order chi connectivity index (χ1) is 11.1. The van der Waals surface area contributed by atoms with Gasteiger partial charge in [-0.15, -0.1) is 10.2 Å². The average Bonchev–Trinajstić information content (AvgIpc) is 3.01. The summed E-state index contributed by atoms with van der Waals surface area (Å²) in [6, 6.07) is 14.2. The second-order valence-electron chi connectivity index (χ2n) is 5.17. The molecule has 23 heavy (non-hydrogen) atoms. The molecule has 6 heteroatoms. The van der Waals surface area contributed by atoms with Crippen molar-refractivity contribution in [2.45, 2.75) is 19.5 Å². The molecule has 1 heterocycles. The zero-order valence-corrected chi connectivity index (χ0v) is 14.0. The minimum atomic E-state index is -0.245. The molecule has 0 bridgehead atoms. The normalized spacial score (nSPS) is 12.3. The molecule has 2 aromatic carbocycles. The predicted octanol–water partition coefficient (Wildman–Crippen LogP) is 4.49. The van der Waals surface area contributed by atoms with E-state index in [1.807, 2.05) is 37.3 Å². The molecule has 1 aromatic heterocycles. The van der Waals surface area contributed by atoms with Gasteiger partial charge < -0.3 is 9.73 Å². The molecule has 0 fully saturated rings. The van der Waals surface area contributed by atoms with E-state index < -0.39 is 0 Å². The Hall–Kier alpha value is -2.05. The van der Waals surface area contributed by atoms with Crippen molar-refractivity contribution in [3.63, 3.8) is 0 Å². The van der Waals surface area contributed by atoms with Crippen molar-refractivity contribution < 1.29 is 8.81 Å². The third-order valence-corrected chi connectivity index (χ3v) is 3.94. The van der Waals surface area contributed by atoms with Crippen molar-refractivity contribution in [2.75, 3.05) is 0 Å². The van der Waals surface area contributed by atoms with E-state index >= 15 is 0 Å². The first-order valence-corrected chi connectivity index (χ1v) is 7.98. The van der Waals surface area contributed by atoms with Crippen LogP contribution in [0.15, 0.2) is 57.4 Å². The van der Waals surface area contributed by atoms with Gasteiger partial charge in [0, 0.05) is 16.1 Å². The number of nitrogens with one attached hydrogen (secondary N) is 1. The lowest BCUT2D eigenvalue weighted by molar-refractivity contribution is 0.453. The largest absolute Gasteiger partial charge is 0.419 e. The first-order valence-electron chi connectivity index (χ1n) is 7.19. The van der Waals surface area contributed by atoms with Crippen LogP contribution >= 0.6 is 15.9 Å². The standard InChI is InChI=1S/C17H15BrFN3O/c1-11(12-4-3-7-15(19)9-12)20-10-16-21-22-17(23-16)13-5-2-6-14(18)8-13/h2-9,11,20H,10H2,1H3/t11-/m1/s1. The van der Waals surface area contributed by atoms with Crippen LogP contribution in [0.5, 0.6) is 0 Å². The maximum Gasteiger partial charge on any atom is 0.247 e. The van der Waals surface area contributed by atoms with Gasteiger partial charge in [0.15, 0.2) is 0 Å². The van der Waals surface area contributed by atoms with E-state index in [2.05, 4.69) is 31.4 Å². The quantitative estimate of drug-likeness (QED) is 0.713. The van der Waals surface area contributed by atoms with Crippen molar-refractivity contribution in [2.24, 2.45) is 0 Å². The fourth-order valence-corrected chi connectivity index (χ4v) is 2.60. The van der Waals surface area contributed by atoms with Crippen molar-refractivity contribution in [3.8, 4) is 11.5 Å². The topological polar surface area (TPSA) is 51.0 Å². The molecule has 1 atom stereocenters. The van der Waals surface area contributed by atoms with Crippen LogP contribution in [0.4, 0.5) is 4.39 Å². The third-order valence-electron chi connectivity index (χ3n) is 3.45. The lowest BCUT2D eigenvalue weighted by Gasteiger charge is -2.12. The van der Waals surface area contributed by atoms with Gasteiger partial charge in [0.2, 0.25) is 11.8 Å². The Labute approximate surface area is 141 Å². The number of aromatic nitrogens is 2. The molecule has 0 saturated heterocycles. The second kappa shape index (κ2) is 7.02. The van der Waals surface area contributed by atoms with Gasteiger partial charge >= 0.3 is 0 Å². The lowest BCUT2D eigenvalue weighted by Crippen LogP contribution is -2.18. The summed E-state index contributed by atoms with van der Waals surface area (Å²) in [6.45, 7) is 2.37. The van der Waals surface area contributed by atoms with Gasteiger partial charge in [0.1, 0.15) is 5.82 Å². The monoisotopic (exact) mass is 375 g/mol. The molecule has 3 rings (SSSR count). The van der Waals surface area contributed by atoms with Gasteiger partial charge in [-0.1, -0.05) is 34.1 Å². The molecule has 0 aliphatic rings. The summed E-state index contributed by atoms with van der Waals surface area (Å²) < 4.78 is 19.8. The molecule has 1 N–H and O–H groups in total. The van der Waals surface area contributed by atoms with Crippen LogP contribution in [0.1, 0.15) is 24.4 Å². The Bertz CT molecular complexity index is 806. The highest BCUT2D eigenvalue weighted by atomic mass is 79.9. The summed E-state index contributed by atoms with van der Waals surface area (Å²) in [7, 11) is 0. The van der Waals surface area contributed by atoms with E-state index in [0.717, 1.165) is 15.6 Å². The molecule has 0 unspecified atom stereocenters. The summed E-state index contributed by atoms with van der Waals surface area (Å²) in [5.41, 5.74) is 1.73. The Morgan fingerprint density at radius 1 is 1.17 bits per heavy atom. The fourth-order valence-electron chi connectivity index (χ4n) is 2.20. The van der Waals surface area contributed by atoms with Gasteiger partial charge in [-0.05, 0) is 42.8 Å². The van der Waals surface area contributed by atoms with Gasteiger partial charge in [-0.3, -0.25) is 0 Å². The van der Waals surface area contributed by atoms with E-state index in [-0.39, 0.29) is 11.9 Å². The molecular weight excluding hydrogens is 361 g/mol. The summed E-state index contributed by atoms with van der Waals surface area (Å²) in [5, 5.41) is 11.3. The van der Waals surface area contributed by atoms with E-state index in [9.17, 15) is 4.39 Å². The smallest absolute Gasteiger partial charge is 0.247 e. The number of benzene rings is 2. The molecular formula is C17H15BrFN3O. The summed E-state index contributed by atoms with van der Waals surface area (Å²) in [4.78, 5) is 0. The molecule has 0 spiro atoms. The van der Waals surface area contributed by atoms with Crippen molar-refractivity contribution in [1.82, 2.24) is 15.5 Å². The third kappa shape index (κ3) is 4.03. The number of nitrogens with zero attached hydrogens (tertiary/aromatic N) is 2. The lowest BCUT2D eigenvalue weighted by atomic mass is 10.1. The van der Waals surface area contributed by atoms with E-state index in [0.29, 0.717) is 18.3 Å². The molecule has 0 saturated carbocycles. The van der Waals surface area contributed by atoms with Crippen LogP contribution in [0, 0.1) is 5.82 Å². The highest BCUT2D eigenvalue weighted by Crippen LogP contribution is 2.22. The van der Waals surface area contributed by atoms with E-state index in [1.165, 1.54) is 12.1 Å². The van der Waals surface area contributed by atoms with Crippen LogP contribution in [0.3, 0.4) is 0 Å².